The van der Waals surface area contributed by atoms with Crippen molar-refractivity contribution in [3.63, 3.8) is 0 Å². The largest absolute Gasteiger partial charge is 0.494 e. The Balaban J connectivity index is 1.16. The summed E-state index contributed by atoms with van der Waals surface area (Å²) in [5, 5.41) is 11.0. The number of hydrogen-bond donors (Lipinski definition) is 1. The van der Waals surface area contributed by atoms with E-state index in [2.05, 4.69) is 4.90 Å². The second-order valence-corrected chi connectivity index (χ2v) is 9.65. The lowest BCUT2D eigenvalue weighted by molar-refractivity contribution is -0.127. The maximum atomic E-state index is 13.4. The van der Waals surface area contributed by atoms with Crippen molar-refractivity contribution >= 4 is 5.91 Å². The highest BCUT2D eigenvalue weighted by atomic mass is 19.3. The molecule has 1 N–H and O–H groups in total. The summed E-state index contributed by atoms with van der Waals surface area (Å²) in [6.07, 6.45) is 2.91. The molecular weight excluding hydrogens is 416 g/mol. The van der Waals surface area contributed by atoms with Gasteiger partial charge in [0.2, 0.25) is 5.91 Å². The van der Waals surface area contributed by atoms with Crippen molar-refractivity contribution in [1.29, 1.82) is 0 Å². The SMILES string of the molecule is O=C1CCCN1CCCOc1ccc(CN2CCC(O)(CN3CCC(F)(F)CC3)C2)cc1. The standard InChI is InChI=1S/C24H35F2N3O3/c25-24(26)9-14-27(15-10-24)18-23(31)8-13-28(19-23)17-20-4-6-21(7-5-20)32-16-2-12-29-11-1-3-22(29)30/h4-7,31H,1-3,8-19H2. The van der Waals surface area contributed by atoms with Crippen molar-refractivity contribution in [2.75, 3.05) is 52.4 Å². The van der Waals surface area contributed by atoms with Gasteiger partial charge in [-0.3, -0.25) is 14.6 Å². The van der Waals surface area contributed by atoms with Crippen molar-refractivity contribution < 1.29 is 23.4 Å². The molecule has 6 nitrogen and oxygen atoms in total. The molecule has 3 heterocycles. The summed E-state index contributed by atoms with van der Waals surface area (Å²) in [6, 6.07) is 8.02. The summed E-state index contributed by atoms with van der Waals surface area (Å²) < 4.78 is 32.5. The Labute approximate surface area is 189 Å². The van der Waals surface area contributed by atoms with Crippen LogP contribution in [0.15, 0.2) is 24.3 Å². The van der Waals surface area contributed by atoms with Crippen LogP contribution in [0, 0.1) is 0 Å². The van der Waals surface area contributed by atoms with Gasteiger partial charge in [-0.25, -0.2) is 8.78 Å². The Morgan fingerprint density at radius 3 is 2.41 bits per heavy atom. The van der Waals surface area contributed by atoms with Gasteiger partial charge in [-0.15, -0.1) is 0 Å². The van der Waals surface area contributed by atoms with Crippen molar-refractivity contribution in [1.82, 2.24) is 14.7 Å². The fraction of sp³-hybridized carbons (Fsp3) is 0.708. The summed E-state index contributed by atoms with van der Waals surface area (Å²) in [5.41, 5.74) is 0.328. The first-order valence-corrected chi connectivity index (χ1v) is 11.8. The van der Waals surface area contributed by atoms with E-state index in [0.717, 1.165) is 50.3 Å². The molecule has 3 aliphatic heterocycles. The van der Waals surface area contributed by atoms with Gasteiger partial charge in [0, 0.05) is 71.6 Å². The molecule has 0 aromatic heterocycles. The predicted octanol–water partition coefficient (Wildman–Crippen LogP) is 2.75. The number of carbonyl (C=O) groups excluding carboxylic acids is 1. The highest BCUT2D eigenvalue weighted by Crippen LogP contribution is 2.30. The van der Waals surface area contributed by atoms with E-state index in [1.165, 1.54) is 0 Å². The fourth-order valence-electron chi connectivity index (χ4n) is 4.99. The van der Waals surface area contributed by atoms with Gasteiger partial charge in [0.05, 0.1) is 12.2 Å². The first-order valence-electron chi connectivity index (χ1n) is 11.8. The van der Waals surface area contributed by atoms with Crippen LogP contribution in [0.1, 0.15) is 44.1 Å². The third-order valence-corrected chi connectivity index (χ3v) is 6.86. The van der Waals surface area contributed by atoms with Crippen LogP contribution >= 0.6 is 0 Å². The van der Waals surface area contributed by atoms with Crippen molar-refractivity contribution in [2.24, 2.45) is 0 Å². The topological polar surface area (TPSA) is 56.3 Å². The zero-order valence-electron chi connectivity index (χ0n) is 18.8. The minimum Gasteiger partial charge on any atom is -0.494 e. The fourth-order valence-corrected chi connectivity index (χ4v) is 4.99. The van der Waals surface area contributed by atoms with Crippen molar-refractivity contribution in [2.45, 2.75) is 56.6 Å². The second-order valence-electron chi connectivity index (χ2n) is 9.65. The molecule has 1 aromatic rings. The van der Waals surface area contributed by atoms with E-state index >= 15 is 0 Å². The maximum Gasteiger partial charge on any atom is 0.250 e. The van der Waals surface area contributed by atoms with Gasteiger partial charge in [-0.1, -0.05) is 12.1 Å². The lowest BCUT2D eigenvalue weighted by Gasteiger charge is -2.36. The smallest absolute Gasteiger partial charge is 0.250 e. The van der Waals surface area contributed by atoms with E-state index in [1.807, 2.05) is 34.1 Å². The molecule has 1 unspecified atom stereocenters. The molecule has 178 valence electrons. The third-order valence-electron chi connectivity index (χ3n) is 6.86. The zero-order chi connectivity index (χ0) is 22.6. The third kappa shape index (κ3) is 6.39. The lowest BCUT2D eigenvalue weighted by atomic mass is 10.00. The molecule has 3 aliphatic rings. The van der Waals surface area contributed by atoms with Gasteiger partial charge in [0.15, 0.2) is 0 Å². The molecule has 3 fully saturated rings. The lowest BCUT2D eigenvalue weighted by Crippen LogP contribution is -2.49. The number of alkyl halides is 2. The molecule has 0 spiro atoms. The number of ether oxygens (including phenoxy) is 1. The Morgan fingerprint density at radius 2 is 1.72 bits per heavy atom. The minimum absolute atomic E-state index is 0.113. The predicted molar refractivity (Wildman–Crippen MR) is 118 cm³/mol. The molecule has 32 heavy (non-hydrogen) atoms. The summed E-state index contributed by atoms with van der Waals surface area (Å²) >= 11 is 0. The molecule has 8 heteroatoms. The number of amides is 1. The molecule has 4 rings (SSSR count). The van der Waals surface area contributed by atoms with Crippen LogP contribution in [0.5, 0.6) is 5.75 Å². The van der Waals surface area contributed by atoms with Crippen LogP contribution in [-0.4, -0.2) is 89.7 Å². The highest BCUT2D eigenvalue weighted by molar-refractivity contribution is 5.77. The monoisotopic (exact) mass is 451 g/mol. The number of hydrogen-bond acceptors (Lipinski definition) is 5. The average Bonchev–Trinajstić information content (AvgIpc) is 3.33. The normalized spacial score (nSPS) is 26.7. The molecule has 0 aliphatic carbocycles. The van der Waals surface area contributed by atoms with Gasteiger partial charge in [-0.2, -0.15) is 0 Å². The average molecular weight is 452 g/mol. The zero-order valence-corrected chi connectivity index (χ0v) is 18.8. The van der Waals surface area contributed by atoms with Crippen molar-refractivity contribution in [3.05, 3.63) is 29.8 Å². The summed E-state index contributed by atoms with van der Waals surface area (Å²) in [5.74, 6) is -1.48. The van der Waals surface area contributed by atoms with E-state index in [9.17, 15) is 18.7 Å². The van der Waals surface area contributed by atoms with Crippen LogP contribution in [0.25, 0.3) is 0 Å². The molecule has 3 saturated heterocycles. The molecule has 1 atom stereocenters. The molecule has 1 amide bonds. The van der Waals surface area contributed by atoms with E-state index in [1.54, 1.807) is 0 Å². The number of halogens is 2. The van der Waals surface area contributed by atoms with E-state index < -0.39 is 11.5 Å². The van der Waals surface area contributed by atoms with E-state index in [4.69, 9.17) is 4.74 Å². The summed E-state index contributed by atoms with van der Waals surface area (Å²) in [6.45, 7) is 5.50. The number of likely N-dealkylation sites (tertiary alicyclic amines) is 3. The quantitative estimate of drug-likeness (QED) is 0.585. The summed E-state index contributed by atoms with van der Waals surface area (Å²) in [4.78, 5) is 17.7. The number of rotatable bonds is 9. The Morgan fingerprint density at radius 1 is 1.00 bits per heavy atom. The van der Waals surface area contributed by atoms with Crippen LogP contribution in [0.2, 0.25) is 0 Å². The maximum absolute atomic E-state index is 13.4. The van der Waals surface area contributed by atoms with Gasteiger partial charge in [-0.05, 0) is 37.0 Å². The Bertz CT molecular complexity index is 766. The van der Waals surface area contributed by atoms with E-state index in [0.29, 0.717) is 45.6 Å². The van der Waals surface area contributed by atoms with Crippen LogP contribution in [-0.2, 0) is 11.3 Å². The van der Waals surface area contributed by atoms with Gasteiger partial charge in [0.25, 0.3) is 5.92 Å². The first kappa shape index (κ1) is 23.4. The molecule has 0 bridgehead atoms. The van der Waals surface area contributed by atoms with Crippen LogP contribution < -0.4 is 4.74 Å². The molecule has 0 radical (unpaired) electrons. The number of nitrogens with zero attached hydrogens (tertiary/aromatic N) is 3. The molecule has 1 aromatic carbocycles. The van der Waals surface area contributed by atoms with Gasteiger partial charge < -0.3 is 14.7 Å². The number of β-amino-alcohol motifs (C(OH)–C–C–N with tert-alkyl or cyclic N) is 1. The van der Waals surface area contributed by atoms with Crippen molar-refractivity contribution in [3.8, 4) is 5.75 Å². The second kappa shape index (κ2) is 10.0. The molecular formula is C24H35F2N3O3. The Hall–Kier alpha value is -1.77. The number of aliphatic hydroxyl groups is 1. The van der Waals surface area contributed by atoms with Gasteiger partial charge in [0.1, 0.15) is 5.75 Å². The molecule has 0 saturated carbocycles. The minimum atomic E-state index is -2.55. The highest BCUT2D eigenvalue weighted by Gasteiger charge is 2.40. The number of piperidine rings is 1. The number of carbonyl (C=O) groups is 1. The Kier molecular flexibility index (Phi) is 7.32. The van der Waals surface area contributed by atoms with Gasteiger partial charge >= 0.3 is 0 Å². The number of benzene rings is 1. The first-order chi connectivity index (χ1) is 15.3. The van der Waals surface area contributed by atoms with E-state index in [-0.39, 0.29) is 18.7 Å². The van der Waals surface area contributed by atoms with Crippen LogP contribution in [0.4, 0.5) is 8.78 Å². The summed E-state index contributed by atoms with van der Waals surface area (Å²) in [7, 11) is 0. The van der Waals surface area contributed by atoms with Crippen LogP contribution in [0.3, 0.4) is 0 Å².